The first-order valence-electron chi connectivity index (χ1n) is 8.61. The minimum atomic E-state index is -2.31. The van der Waals surface area contributed by atoms with Gasteiger partial charge in [0.1, 0.15) is 0 Å². The van der Waals surface area contributed by atoms with Crippen LogP contribution in [0.15, 0.2) is 30.3 Å². The van der Waals surface area contributed by atoms with E-state index in [-0.39, 0.29) is 0 Å². The summed E-state index contributed by atoms with van der Waals surface area (Å²) in [6.45, 7) is 9.68. The molecule has 124 valence electrons. The molecule has 22 heavy (non-hydrogen) atoms. The Morgan fingerprint density at radius 3 is 2.14 bits per heavy atom. The van der Waals surface area contributed by atoms with Crippen LogP contribution in [0.1, 0.15) is 40.0 Å². The molecule has 0 unspecified atom stereocenters. The maximum Gasteiger partial charge on any atom is 0.372 e. The molecule has 0 saturated carbocycles. The first-order valence-corrected chi connectivity index (χ1v) is 10.6. The summed E-state index contributed by atoms with van der Waals surface area (Å²) in [6.07, 6.45) is 3.57. The zero-order chi connectivity index (χ0) is 15.9. The molecule has 0 radical (unpaired) electrons. The average Bonchev–Trinajstić information content (AvgIpc) is 2.51. The highest BCUT2D eigenvalue weighted by Gasteiger charge is 2.41. The molecule has 2 rings (SSSR count). The summed E-state index contributed by atoms with van der Waals surface area (Å²) in [4.78, 5) is 0. The van der Waals surface area contributed by atoms with Crippen molar-refractivity contribution in [3.8, 4) is 0 Å². The third-order valence-electron chi connectivity index (χ3n) is 4.75. The van der Waals surface area contributed by atoms with Gasteiger partial charge in [-0.15, -0.1) is 0 Å². The molecular formula is C18H30O3Si. The smallest absolute Gasteiger partial charge is 0.372 e. The van der Waals surface area contributed by atoms with E-state index in [9.17, 15) is 0 Å². The Kier molecular flexibility index (Phi) is 6.62. The Bertz CT molecular complexity index is 420. The van der Waals surface area contributed by atoms with Crippen LogP contribution >= 0.6 is 0 Å². The summed E-state index contributed by atoms with van der Waals surface area (Å²) in [5, 5.41) is 1.26. The normalized spacial score (nSPS) is 17.2. The highest BCUT2D eigenvalue weighted by molar-refractivity contribution is 6.81. The van der Waals surface area contributed by atoms with E-state index in [2.05, 4.69) is 51.1 Å². The van der Waals surface area contributed by atoms with Crippen LogP contribution in [-0.2, 0) is 13.6 Å². The first-order chi connectivity index (χ1) is 10.7. The molecule has 1 aliphatic rings. The molecule has 1 aromatic rings. The lowest BCUT2D eigenvalue weighted by atomic mass is 9.79. The number of hydrogen-bond donors (Lipinski definition) is 0. The van der Waals surface area contributed by atoms with Crippen LogP contribution in [0.2, 0.25) is 6.04 Å². The van der Waals surface area contributed by atoms with E-state index in [1.165, 1.54) is 18.0 Å². The molecule has 0 N–H and O–H groups in total. The van der Waals surface area contributed by atoms with Crippen molar-refractivity contribution in [3.63, 3.8) is 0 Å². The first kappa shape index (κ1) is 17.7. The minimum absolute atomic E-state index is 0.412. The lowest BCUT2D eigenvalue weighted by Gasteiger charge is -2.41. The summed E-state index contributed by atoms with van der Waals surface area (Å²) in [5.74, 6) is 0. The monoisotopic (exact) mass is 322 g/mol. The quantitative estimate of drug-likeness (QED) is 0.616. The Morgan fingerprint density at radius 1 is 1.05 bits per heavy atom. The molecule has 1 aromatic carbocycles. The standard InChI is InChI=1S/C18H30O3Si/c1-4-18(15-19-16-18)13-10-14-22(20-5-2,21-6-3)17-11-8-7-9-12-17/h7-9,11-12H,4-6,10,13-16H2,1-3H3. The molecule has 0 aliphatic carbocycles. The van der Waals surface area contributed by atoms with E-state index in [1.807, 2.05) is 0 Å². The van der Waals surface area contributed by atoms with Crippen LogP contribution in [0, 0.1) is 5.41 Å². The molecule has 1 aliphatic heterocycles. The number of hydrogen-bond acceptors (Lipinski definition) is 3. The van der Waals surface area contributed by atoms with Crippen molar-refractivity contribution in [3.05, 3.63) is 30.3 Å². The van der Waals surface area contributed by atoms with Gasteiger partial charge in [0.05, 0.1) is 13.2 Å². The summed E-state index contributed by atoms with van der Waals surface area (Å²) in [5.41, 5.74) is 0.412. The molecule has 0 aromatic heterocycles. The molecule has 0 spiro atoms. The van der Waals surface area contributed by atoms with Crippen molar-refractivity contribution in [2.75, 3.05) is 26.4 Å². The van der Waals surface area contributed by atoms with Crippen molar-refractivity contribution in [1.29, 1.82) is 0 Å². The topological polar surface area (TPSA) is 27.7 Å². The van der Waals surface area contributed by atoms with Crippen molar-refractivity contribution in [2.45, 2.75) is 46.1 Å². The summed E-state index contributed by atoms with van der Waals surface area (Å²) >= 11 is 0. The van der Waals surface area contributed by atoms with Gasteiger partial charge in [-0.25, -0.2) is 0 Å². The SMILES string of the molecule is CCO[Si](CCCC1(CC)COC1)(OCC)c1ccccc1. The summed E-state index contributed by atoms with van der Waals surface area (Å²) < 4.78 is 17.9. The molecule has 0 atom stereocenters. The fourth-order valence-corrected chi connectivity index (χ4v) is 6.54. The van der Waals surface area contributed by atoms with Gasteiger partial charge < -0.3 is 13.6 Å². The molecule has 0 amide bonds. The zero-order valence-corrected chi connectivity index (χ0v) is 15.3. The highest BCUT2D eigenvalue weighted by Crippen LogP contribution is 2.37. The maximum absolute atomic E-state index is 6.24. The molecule has 4 heteroatoms. The second kappa shape index (κ2) is 8.25. The fraction of sp³-hybridized carbons (Fsp3) is 0.667. The summed E-state index contributed by atoms with van der Waals surface area (Å²) in [7, 11) is -2.31. The Labute approximate surface area is 136 Å². The van der Waals surface area contributed by atoms with Crippen LogP contribution < -0.4 is 5.19 Å². The lowest BCUT2D eigenvalue weighted by molar-refractivity contribution is -0.119. The van der Waals surface area contributed by atoms with E-state index in [1.54, 1.807) is 0 Å². The largest absolute Gasteiger partial charge is 0.391 e. The van der Waals surface area contributed by atoms with Gasteiger partial charge in [0.25, 0.3) is 0 Å². The highest BCUT2D eigenvalue weighted by atomic mass is 28.4. The van der Waals surface area contributed by atoms with Crippen molar-refractivity contribution in [1.82, 2.24) is 0 Å². The predicted molar refractivity (Wildman–Crippen MR) is 92.7 cm³/mol. The molecule has 1 fully saturated rings. The fourth-order valence-electron chi connectivity index (χ4n) is 3.27. The lowest BCUT2D eigenvalue weighted by Crippen LogP contribution is -2.54. The van der Waals surface area contributed by atoms with E-state index >= 15 is 0 Å². The van der Waals surface area contributed by atoms with E-state index < -0.39 is 8.56 Å². The van der Waals surface area contributed by atoms with Gasteiger partial charge in [-0.1, -0.05) is 43.7 Å². The van der Waals surface area contributed by atoms with Gasteiger partial charge in [-0.05, 0) is 37.9 Å². The number of benzene rings is 1. The Morgan fingerprint density at radius 2 is 1.68 bits per heavy atom. The molecule has 1 saturated heterocycles. The zero-order valence-electron chi connectivity index (χ0n) is 14.3. The third-order valence-corrected chi connectivity index (χ3v) is 8.48. The van der Waals surface area contributed by atoms with Gasteiger partial charge in [-0.3, -0.25) is 0 Å². The van der Waals surface area contributed by atoms with Gasteiger partial charge >= 0.3 is 8.56 Å². The van der Waals surface area contributed by atoms with E-state index in [4.69, 9.17) is 13.6 Å². The molecular weight excluding hydrogens is 292 g/mol. The van der Waals surface area contributed by atoms with Gasteiger partial charge in [0, 0.05) is 18.6 Å². The second-order valence-electron chi connectivity index (χ2n) is 6.18. The van der Waals surface area contributed by atoms with Crippen LogP contribution in [-0.4, -0.2) is 35.0 Å². The third kappa shape index (κ3) is 3.99. The number of rotatable bonds is 10. The van der Waals surface area contributed by atoms with Crippen LogP contribution in [0.5, 0.6) is 0 Å². The Hall–Kier alpha value is -0.683. The van der Waals surface area contributed by atoms with Crippen molar-refractivity contribution < 1.29 is 13.6 Å². The van der Waals surface area contributed by atoms with E-state index in [0.717, 1.165) is 25.7 Å². The van der Waals surface area contributed by atoms with Crippen LogP contribution in [0.4, 0.5) is 0 Å². The molecule has 3 nitrogen and oxygen atoms in total. The summed E-state index contributed by atoms with van der Waals surface area (Å²) in [6, 6.07) is 11.6. The van der Waals surface area contributed by atoms with E-state index in [0.29, 0.717) is 18.6 Å². The minimum Gasteiger partial charge on any atom is -0.391 e. The maximum atomic E-state index is 6.24. The predicted octanol–water partition coefficient (Wildman–Crippen LogP) is 3.62. The number of ether oxygens (including phenoxy) is 1. The Balaban J connectivity index is 2.06. The van der Waals surface area contributed by atoms with Gasteiger partial charge in [-0.2, -0.15) is 0 Å². The van der Waals surface area contributed by atoms with Crippen molar-refractivity contribution in [2.24, 2.45) is 5.41 Å². The van der Waals surface area contributed by atoms with Crippen molar-refractivity contribution >= 4 is 13.7 Å². The van der Waals surface area contributed by atoms with Crippen LogP contribution in [0.3, 0.4) is 0 Å². The van der Waals surface area contributed by atoms with Gasteiger partial charge in [0.2, 0.25) is 0 Å². The second-order valence-corrected chi connectivity index (χ2v) is 9.35. The van der Waals surface area contributed by atoms with Gasteiger partial charge in [0.15, 0.2) is 0 Å². The van der Waals surface area contributed by atoms with Crippen LogP contribution in [0.25, 0.3) is 0 Å². The average molecular weight is 323 g/mol. The molecule has 0 bridgehead atoms. The molecule has 1 heterocycles.